The highest BCUT2D eigenvalue weighted by molar-refractivity contribution is 6.30. The minimum atomic E-state index is -0.278. The lowest BCUT2D eigenvalue weighted by molar-refractivity contribution is -0.915. The highest BCUT2D eigenvalue weighted by Crippen LogP contribution is 2.23. The Morgan fingerprint density at radius 1 is 1.00 bits per heavy atom. The number of nitrogens with one attached hydrogen (secondary N) is 1. The summed E-state index contributed by atoms with van der Waals surface area (Å²) < 4.78 is 0. The minimum absolute atomic E-state index is 0.0724. The molecule has 1 atom stereocenters. The topological polar surface area (TPSA) is 45.1 Å². The molecular weight excluding hydrogens is 362 g/mol. The van der Waals surface area contributed by atoms with Crippen molar-refractivity contribution >= 4 is 34.8 Å². The van der Waals surface area contributed by atoms with E-state index in [-0.39, 0.29) is 17.9 Å². The lowest BCUT2D eigenvalue weighted by Gasteiger charge is -2.35. The average molecular weight is 385 g/mol. The van der Waals surface area contributed by atoms with Gasteiger partial charge in [0.25, 0.3) is 5.91 Å². The van der Waals surface area contributed by atoms with E-state index in [0.29, 0.717) is 12.1 Å². The van der Waals surface area contributed by atoms with Crippen molar-refractivity contribution in [2.24, 2.45) is 0 Å². The first-order chi connectivity index (χ1) is 13.0. The maximum atomic E-state index is 13.0. The number of carbonyl (C=O) groups is 2. The van der Waals surface area contributed by atoms with Crippen LogP contribution >= 0.6 is 11.6 Å². The van der Waals surface area contributed by atoms with Gasteiger partial charge in [0.2, 0.25) is 5.91 Å². The number of hydrogen-bond acceptors (Lipinski definition) is 3. The summed E-state index contributed by atoms with van der Waals surface area (Å²) in [7, 11) is 0. The molecule has 2 aromatic rings. The van der Waals surface area contributed by atoms with Gasteiger partial charge in [-0.2, -0.15) is 0 Å². The van der Waals surface area contributed by atoms with Crippen LogP contribution in [0.3, 0.4) is 0 Å². The first kappa shape index (κ1) is 18.0. The molecule has 5 nitrogen and oxygen atoms in total. The second-order valence-electron chi connectivity index (χ2n) is 7.29. The highest BCUT2D eigenvalue weighted by atomic mass is 35.5. The van der Waals surface area contributed by atoms with Crippen molar-refractivity contribution in [1.29, 1.82) is 0 Å². The fourth-order valence-electron chi connectivity index (χ4n) is 4.06. The van der Waals surface area contributed by atoms with Crippen molar-refractivity contribution < 1.29 is 14.5 Å². The zero-order valence-electron chi connectivity index (χ0n) is 15.3. The molecule has 2 saturated heterocycles. The number of imide groups is 1. The van der Waals surface area contributed by atoms with Crippen molar-refractivity contribution in [3.05, 3.63) is 59.1 Å². The number of amides is 2. The SMILES string of the molecule is Cc1cccc(N2C(=O)C[C@H]([NH+]3CCN(c4cccc(Cl)c4)CC3)C2=O)c1. The van der Waals surface area contributed by atoms with E-state index < -0.39 is 0 Å². The molecule has 2 amide bonds. The number of carbonyl (C=O) groups excluding carboxylic acids is 2. The van der Waals surface area contributed by atoms with Crippen molar-refractivity contribution in [2.75, 3.05) is 36.0 Å². The van der Waals surface area contributed by atoms with Gasteiger partial charge in [-0.1, -0.05) is 29.8 Å². The molecule has 0 spiro atoms. The number of piperazine rings is 1. The lowest BCUT2D eigenvalue weighted by atomic mass is 10.1. The van der Waals surface area contributed by atoms with E-state index in [4.69, 9.17) is 11.6 Å². The number of halogens is 1. The summed E-state index contributed by atoms with van der Waals surface area (Å²) in [6.07, 6.45) is 0.291. The number of nitrogens with zero attached hydrogens (tertiary/aromatic N) is 2. The predicted octanol–water partition coefficient (Wildman–Crippen LogP) is 1.69. The van der Waals surface area contributed by atoms with Gasteiger partial charge >= 0.3 is 0 Å². The third-order valence-electron chi connectivity index (χ3n) is 5.48. The number of aryl methyl sites for hydroxylation is 1. The van der Waals surface area contributed by atoms with Crippen molar-refractivity contribution in [1.82, 2.24) is 0 Å². The maximum Gasteiger partial charge on any atom is 0.292 e. The van der Waals surface area contributed by atoms with E-state index in [0.717, 1.165) is 42.5 Å². The molecule has 2 fully saturated rings. The molecule has 27 heavy (non-hydrogen) atoms. The summed E-state index contributed by atoms with van der Waals surface area (Å²) >= 11 is 6.10. The van der Waals surface area contributed by atoms with E-state index in [9.17, 15) is 9.59 Å². The molecule has 6 heteroatoms. The second-order valence-corrected chi connectivity index (χ2v) is 7.72. The summed E-state index contributed by atoms with van der Waals surface area (Å²) in [5.41, 5.74) is 2.83. The summed E-state index contributed by atoms with van der Waals surface area (Å²) in [4.78, 5) is 30.4. The van der Waals surface area contributed by atoms with Crippen molar-refractivity contribution in [3.8, 4) is 0 Å². The van der Waals surface area contributed by atoms with Gasteiger partial charge in [-0.25, -0.2) is 4.90 Å². The van der Waals surface area contributed by atoms with Crippen molar-refractivity contribution in [3.63, 3.8) is 0 Å². The molecule has 140 valence electrons. The van der Waals surface area contributed by atoms with Gasteiger partial charge in [-0.3, -0.25) is 9.59 Å². The Morgan fingerprint density at radius 3 is 2.41 bits per heavy atom. The Morgan fingerprint density at radius 2 is 1.70 bits per heavy atom. The molecule has 4 rings (SSSR count). The standard InChI is InChI=1S/C21H22ClN3O2/c1-15-4-2-7-18(12-15)25-20(26)14-19(21(25)27)24-10-8-23(9-11-24)17-6-3-5-16(22)13-17/h2-7,12-13,19H,8-11,14H2,1H3/p+1/t19-/m0/s1. The van der Waals surface area contributed by atoms with Crippen LogP contribution in [0.15, 0.2) is 48.5 Å². The van der Waals surface area contributed by atoms with Gasteiger partial charge in [0.1, 0.15) is 0 Å². The first-order valence-corrected chi connectivity index (χ1v) is 9.69. The molecule has 2 aliphatic rings. The molecule has 0 aliphatic carbocycles. The van der Waals surface area contributed by atoms with E-state index in [1.165, 1.54) is 9.80 Å². The zero-order chi connectivity index (χ0) is 19.0. The van der Waals surface area contributed by atoms with Crippen molar-refractivity contribution in [2.45, 2.75) is 19.4 Å². The largest absolute Gasteiger partial charge is 0.360 e. The normalized spacial score (nSPS) is 21.2. The highest BCUT2D eigenvalue weighted by Gasteiger charge is 2.46. The number of benzene rings is 2. The number of quaternary nitrogens is 1. The quantitative estimate of drug-likeness (QED) is 0.819. The molecule has 1 N–H and O–H groups in total. The third kappa shape index (κ3) is 3.57. The van der Waals surface area contributed by atoms with Crippen LogP contribution in [0, 0.1) is 6.92 Å². The number of hydrogen-bond donors (Lipinski definition) is 1. The van der Waals surface area contributed by atoms with Crippen LogP contribution in [-0.4, -0.2) is 44.0 Å². The van der Waals surface area contributed by atoms with Crippen LogP contribution in [0.4, 0.5) is 11.4 Å². The van der Waals surface area contributed by atoms with E-state index in [1.54, 1.807) is 0 Å². The van der Waals surface area contributed by atoms with Gasteiger partial charge in [0.15, 0.2) is 6.04 Å². The number of rotatable bonds is 3. The van der Waals surface area contributed by atoms with Gasteiger partial charge < -0.3 is 9.80 Å². The van der Waals surface area contributed by atoms with Gasteiger partial charge in [0, 0.05) is 10.7 Å². The van der Waals surface area contributed by atoms with Crippen LogP contribution in [0.25, 0.3) is 0 Å². The molecule has 2 aromatic carbocycles. The summed E-state index contributed by atoms with van der Waals surface area (Å²) in [6, 6.07) is 15.1. The fraction of sp³-hybridized carbons (Fsp3) is 0.333. The van der Waals surface area contributed by atoms with Crippen LogP contribution in [0.1, 0.15) is 12.0 Å². The van der Waals surface area contributed by atoms with E-state index >= 15 is 0 Å². The first-order valence-electron chi connectivity index (χ1n) is 9.31. The van der Waals surface area contributed by atoms with Crippen LogP contribution in [-0.2, 0) is 9.59 Å². The molecule has 0 unspecified atom stereocenters. The minimum Gasteiger partial charge on any atom is -0.360 e. The molecule has 0 radical (unpaired) electrons. The van der Waals surface area contributed by atoms with Crippen LogP contribution < -0.4 is 14.7 Å². The van der Waals surface area contributed by atoms with E-state index in [2.05, 4.69) is 11.0 Å². The smallest absolute Gasteiger partial charge is 0.292 e. The fourth-order valence-corrected chi connectivity index (χ4v) is 4.25. The molecule has 0 aromatic heterocycles. The molecule has 0 bridgehead atoms. The Kier molecular flexibility index (Phi) is 4.89. The Balaban J connectivity index is 1.44. The summed E-state index contributed by atoms with van der Waals surface area (Å²) in [5.74, 6) is -0.169. The zero-order valence-corrected chi connectivity index (χ0v) is 16.1. The predicted molar refractivity (Wildman–Crippen MR) is 106 cm³/mol. The van der Waals surface area contributed by atoms with Gasteiger partial charge in [0.05, 0.1) is 38.3 Å². The molecule has 2 heterocycles. The van der Waals surface area contributed by atoms with Gasteiger partial charge in [-0.05, 0) is 42.8 Å². The van der Waals surface area contributed by atoms with Crippen LogP contribution in [0.2, 0.25) is 5.02 Å². The molecule has 0 saturated carbocycles. The summed E-state index contributed by atoms with van der Waals surface area (Å²) in [5, 5.41) is 0.729. The second kappa shape index (κ2) is 7.33. The summed E-state index contributed by atoms with van der Waals surface area (Å²) in [6.45, 7) is 5.32. The van der Waals surface area contributed by atoms with E-state index in [1.807, 2.05) is 49.4 Å². The Bertz CT molecular complexity index is 877. The lowest BCUT2D eigenvalue weighted by Crippen LogP contribution is -3.19. The van der Waals surface area contributed by atoms with Crippen LogP contribution in [0.5, 0.6) is 0 Å². The third-order valence-corrected chi connectivity index (χ3v) is 5.71. The maximum absolute atomic E-state index is 13.0. The van der Waals surface area contributed by atoms with Gasteiger partial charge in [-0.15, -0.1) is 0 Å². The monoisotopic (exact) mass is 384 g/mol. The molecule has 2 aliphatic heterocycles. The number of anilines is 2. The Labute approximate surface area is 164 Å². The average Bonchev–Trinajstić information content (AvgIpc) is 2.96. The Hall–Kier alpha value is -2.37. The molecular formula is C21H23ClN3O2+.